The number of nitrogens with two attached hydrogens (primary N) is 1. The van der Waals surface area contributed by atoms with E-state index in [1.165, 1.54) is 12.4 Å². The molecule has 0 bridgehead atoms. The van der Waals surface area contributed by atoms with Crippen LogP contribution in [0.1, 0.15) is 43.4 Å². The molecule has 4 rings (SSSR count). The first-order chi connectivity index (χ1) is 15.9. The van der Waals surface area contributed by atoms with Crippen LogP contribution in [0, 0.1) is 5.21 Å². The fourth-order valence-corrected chi connectivity index (χ4v) is 4.37. The summed E-state index contributed by atoms with van der Waals surface area (Å²) in [4.78, 5) is 26.3. The van der Waals surface area contributed by atoms with E-state index in [4.69, 9.17) is 10.5 Å². The smallest absolute Gasteiger partial charge is 0.411 e. The van der Waals surface area contributed by atoms with Crippen LogP contribution in [0.2, 0.25) is 0 Å². The van der Waals surface area contributed by atoms with Crippen molar-refractivity contribution in [1.29, 1.82) is 0 Å². The fourth-order valence-electron chi connectivity index (χ4n) is 4.37. The highest BCUT2D eigenvalue weighted by Gasteiger charge is 2.43. The van der Waals surface area contributed by atoms with Crippen LogP contribution in [0.4, 0.5) is 4.79 Å². The van der Waals surface area contributed by atoms with Crippen LogP contribution in [-0.4, -0.2) is 23.4 Å². The van der Waals surface area contributed by atoms with Gasteiger partial charge in [-0.05, 0) is 29.7 Å². The van der Waals surface area contributed by atoms with Gasteiger partial charge in [0.15, 0.2) is 12.4 Å². The number of pyridine rings is 1. The molecular formula is C26H27N3O4. The van der Waals surface area contributed by atoms with Crippen LogP contribution in [0.25, 0.3) is 11.1 Å². The van der Waals surface area contributed by atoms with Gasteiger partial charge in [0.2, 0.25) is 5.91 Å². The Morgan fingerprint density at radius 1 is 1.12 bits per heavy atom. The Balaban J connectivity index is 1.51. The van der Waals surface area contributed by atoms with Crippen molar-refractivity contribution in [2.75, 3.05) is 6.54 Å². The van der Waals surface area contributed by atoms with E-state index in [1.807, 2.05) is 67.6 Å². The highest BCUT2D eigenvalue weighted by Crippen LogP contribution is 2.40. The van der Waals surface area contributed by atoms with E-state index in [-0.39, 0.29) is 12.5 Å². The number of benzene rings is 2. The molecule has 0 spiro atoms. The van der Waals surface area contributed by atoms with E-state index in [9.17, 15) is 14.8 Å². The van der Waals surface area contributed by atoms with E-state index in [0.717, 1.165) is 27.0 Å². The Labute approximate surface area is 193 Å². The standard InChI is InChI=1S/C26H27N3O4/c1-19(20-9-11-21(12-10-20)22-6-5-16-28(32)18-22)29-17-15-26(33-25(29)31,14-13-24(27)30)23-7-3-2-4-8-23/h2-12,16,18-19H,13-15,17H2,1H3,(H2,27,30)/t19-,26?/m0/s1. The summed E-state index contributed by atoms with van der Waals surface area (Å²) in [6.07, 6.45) is 3.61. The van der Waals surface area contributed by atoms with Gasteiger partial charge in [-0.2, -0.15) is 4.73 Å². The molecule has 2 amide bonds. The molecule has 2 atom stereocenters. The number of hydrogen-bond donors (Lipinski definition) is 1. The lowest BCUT2D eigenvalue weighted by Crippen LogP contribution is -2.49. The van der Waals surface area contributed by atoms with Gasteiger partial charge in [-0.25, -0.2) is 4.79 Å². The van der Waals surface area contributed by atoms with Gasteiger partial charge in [-0.1, -0.05) is 54.6 Å². The van der Waals surface area contributed by atoms with Crippen molar-refractivity contribution < 1.29 is 19.1 Å². The molecule has 1 fully saturated rings. The predicted molar refractivity (Wildman–Crippen MR) is 124 cm³/mol. The van der Waals surface area contributed by atoms with E-state index in [0.29, 0.717) is 19.4 Å². The van der Waals surface area contributed by atoms with E-state index < -0.39 is 17.6 Å². The van der Waals surface area contributed by atoms with Crippen LogP contribution in [0.3, 0.4) is 0 Å². The Morgan fingerprint density at radius 2 is 1.85 bits per heavy atom. The molecule has 1 aliphatic rings. The molecule has 7 nitrogen and oxygen atoms in total. The number of hydrogen-bond acceptors (Lipinski definition) is 4. The number of cyclic esters (lactones) is 1. The van der Waals surface area contributed by atoms with Crippen molar-refractivity contribution in [3.8, 4) is 11.1 Å². The molecule has 3 aromatic rings. The molecular weight excluding hydrogens is 418 g/mol. The maximum absolute atomic E-state index is 13.1. The number of amides is 2. The second-order valence-electron chi connectivity index (χ2n) is 8.39. The van der Waals surface area contributed by atoms with E-state index in [2.05, 4.69) is 0 Å². The minimum atomic E-state index is -0.867. The molecule has 0 aliphatic carbocycles. The summed E-state index contributed by atoms with van der Waals surface area (Å²) in [5.41, 5.74) is 8.10. The average molecular weight is 446 g/mol. The van der Waals surface area contributed by atoms with Crippen molar-refractivity contribution in [3.05, 3.63) is 95.5 Å². The third-order valence-corrected chi connectivity index (χ3v) is 6.32. The third kappa shape index (κ3) is 4.82. The first-order valence-electron chi connectivity index (χ1n) is 11.0. The van der Waals surface area contributed by atoms with Crippen LogP contribution >= 0.6 is 0 Å². The van der Waals surface area contributed by atoms with Gasteiger partial charge < -0.3 is 20.6 Å². The first-order valence-corrected chi connectivity index (χ1v) is 11.0. The highest BCUT2D eigenvalue weighted by atomic mass is 16.6. The maximum Gasteiger partial charge on any atom is 0.411 e. The summed E-state index contributed by atoms with van der Waals surface area (Å²) in [5, 5.41) is 11.6. The zero-order chi connectivity index (χ0) is 23.4. The van der Waals surface area contributed by atoms with Gasteiger partial charge in [-0.3, -0.25) is 4.79 Å². The zero-order valence-electron chi connectivity index (χ0n) is 18.5. The number of aromatic nitrogens is 1. The van der Waals surface area contributed by atoms with Gasteiger partial charge in [0, 0.05) is 37.4 Å². The van der Waals surface area contributed by atoms with Crippen molar-refractivity contribution >= 4 is 12.0 Å². The minimum absolute atomic E-state index is 0.141. The number of carbonyl (C=O) groups is 2. The fraction of sp³-hybridized carbons (Fsp3) is 0.269. The van der Waals surface area contributed by atoms with Crippen LogP contribution < -0.4 is 10.5 Å². The van der Waals surface area contributed by atoms with Crippen molar-refractivity contribution in [2.45, 2.75) is 37.8 Å². The maximum atomic E-state index is 13.1. The van der Waals surface area contributed by atoms with Gasteiger partial charge in [0.1, 0.15) is 5.60 Å². The second kappa shape index (κ2) is 9.32. The number of ether oxygens (including phenoxy) is 1. The Hall–Kier alpha value is -3.87. The molecule has 170 valence electrons. The molecule has 0 radical (unpaired) electrons. The third-order valence-electron chi connectivity index (χ3n) is 6.32. The largest absolute Gasteiger partial charge is 0.619 e. The van der Waals surface area contributed by atoms with Gasteiger partial charge in [0.05, 0.1) is 6.04 Å². The molecule has 33 heavy (non-hydrogen) atoms. The summed E-state index contributed by atoms with van der Waals surface area (Å²) < 4.78 is 6.78. The molecule has 1 aliphatic heterocycles. The molecule has 1 saturated heterocycles. The molecule has 2 aromatic carbocycles. The van der Waals surface area contributed by atoms with Gasteiger partial charge in [0.25, 0.3) is 0 Å². The van der Waals surface area contributed by atoms with Gasteiger partial charge in [-0.15, -0.1) is 0 Å². The average Bonchev–Trinajstić information content (AvgIpc) is 2.83. The van der Waals surface area contributed by atoms with Crippen LogP contribution in [-0.2, 0) is 15.1 Å². The number of primary amides is 1. The lowest BCUT2D eigenvalue weighted by atomic mass is 9.84. The van der Waals surface area contributed by atoms with Gasteiger partial charge >= 0.3 is 6.09 Å². The summed E-state index contributed by atoms with van der Waals surface area (Å²) in [6.45, 7) is 2.45. The SMILES string of the molecule is C[C@@H](c1ccc(-c2ccc[n+]([O-])c2)cc1)N1CCC(CCC(N)=O)(c2ccccc2)OC1=O. The molecule has 0 saturated carbocycles. The predicted octanol–water partition coefficient (Wildman–Crippen LogP) is 4.05. The van der Waals surface area contributed by atoms with Crippen LogP contribution in [0.15, 0.2) is 79.1 Å². The quantitative estimate of drug-likeness (QED) is 0.438. The molecule has 2 N–H and O–H groups in total. The second-order valence-corrected chi connectivity index (χ2v) is 8.39. The van der Waals surface area contributed by atoms with E-state index >= 15 is 0 Å². The highest BCUT2D eigenvalue weighted by molar-refractivity contribution is 5.74. The minimum Gasteiger partial charge on any atom is -0.619 e. The molecule has 2 heterocycles. The lowest BCUT2D eigenvalue weighted by Gasteiger charge is -2.43. The number of carbonyl (C=O) groups excluding carboxylic acids is 2. The van der Waals surface area contributed by atoms with E-state index in [1.54, 1.807) is 11.0 Å². The lowest BCUT2D eigenvalue weighted by molar-refractivity contribution is -0.604. The normalized spacial score (nSPS) is 19.1. The topological polar surface area (TPSA) is 99.6 Å². The monoisotopic (exact) mass is 445 g/mol. The Bertz CT molecular complexity index is 1130. The summed E-state index contributed by atoms with van der Waals surface area (Å²) in [5.74, 6) is -0.418. The summed E-state index contributed by atoms with van der Waals surface area (Å²) in [7, 11) is 0. The zero-order valence-corrected chi connectivity index (χ0v) is 18.5. The van der Waals surface area contributed by atoms with Crippen molar-refractivity contribution in [1.82, 2.24) is 4.90 Å². The number of nitrogens with zero attached hydrogens (tertiary/aromatic N) is 2. The summed E-state index contributed by atoms with van der Waals surface area (Å²) >= 11 is 0. The molecule has 1 aromatic heterocycles. The molecule has 1 unspecified atom stereocenters. The summed E-state index contributed by atoms with van der Waals surface area (Å²) in [6, 6.07) is 20.7. The Morgan fingerprint density at radius 3 is 2.48 bits per heavy atom. The number of rotatable bonds is 7. The molecule has 7 heteroatoms. The first kappa shape index (κ1) is 22.3. The van der Waals surface area contributed by atoms with Crippen molar-refractivity contribution in [3.63, 3.8) is 0 Å². The van der Waals surface area contributed by atoms with Crippen molar-refractivity contribution in [2.24, 2.45) is 5.73 Å². The van der Waals surface area contributed by atoms with Crippen LogP contribution in [0.5, 0.6) is 0 Å². The Kier molecular flexibility index (Phi) is 6.31.